The minimum absolute atomic E-state index is 0.116. The summed E-state index contributed by atoms with van der Waals surface area (Å²) in [7, 11) is 0. The highest BCUT2D eigenvalue weighted by molar-refractivity contribution is 7.12. The lowest BCUT2D eigenvalue weighted by molar-refractivity contribution is 0.0939. The smallest absolute Gasteiger partial charge is 0.265 e. The van der Waals surface area contributed by atoms with E-state index in [-0.39, 0.29) is 17.9 Å². The number of nitrogens with one attached hydrogen (secondary N) is 2. The van der Waals surface area contributed by atoms with Crippen molar-refractivity contribution in [1.82, 2.24) is 5.32 Å². The molecule has 2 aromatic carbocycles. The standard InChI is InChI=1S/C24H25N3O2S/c1-17(18-8-3-2-4-9-18)25-23(28)20-16-19(26-24(29)22-10-7-15-30-22)11-12-21(20)27-13-5-6-14-27/h2-4,7-12,15-17H,5-6,13-14H2,1H3,(H,25,28)(H,26,29)/t17-/m1/s1. The summed E-state index contributed by atoms with van der Waals surface area (Å²) in [5, 5.41) is 7.89. The van der Waals surface area contributed by atoms with Gasteiger partial charge in [-0.15, -0.1) is 11.3 Å². The van der Waals surface area contributed by atoms with E-state index in [2.05, 4.69) is 15.5 Å². The number of hydrogen-bond donors (Lipinski definition) is 2. The molecule has 0 bridgehead atoms. The summed E-state index contributed by atoms with van der Waals surface area (Å²) in [5.74, 6) is -0.302. The maximum absolute atomic E-state index is 13.2. The second-order valence-electron chi connectivity index (χ2n) is 7.46. The molecule has 0 spiro atoms. The first kappa shape index (κ1) is 20.2. The summed E-state index contributed by atoms with van der Waals surface area (Å²) < 4.78 is 0. The summed E-state index contributed by atoms with van der Waals surface area (Å²) >= 11 is 1.39. The van der Waals surface area contributed by atoms with Gasteiger partial charge in [-0.3, -0.25) is 9.59 Å². The molecule has 30 heavy (non-hydrogen) atoms. The van der Waals surface area contributed by atoms with Crippen molar-refractivity contribution >= 4 is 34.5 Å². The normalized spacial score (nSPS) is 14.4. The predicted octanol–water partition coefficient (Wildman–Crippen LogP) is 5.09. The van der Waals surface area contributed by atoms with Crippen molar-refractivity contribution < 1.29 is 9.59 Å². The molecule has 0 radical (unpaired) electrons. The highest BCUT2D eigenvalue weighted by Gasteiger charge is 2.22. The molecule has 1 atom stereocenters. The fourth-order valence-electron chi connectivity index (χ4n) is 3.73. The van der Waals surface area contributed by atoms with Crippen LogP contribution >= 0.6 is 11.3 Å². The third-order valence-electron chi connectivity index (χ3n) is 5.34. The molecule has 1 aliphatic heterocycles. The quantitative estimate of drug-likeness (QED) is 0.585. The summed E-state index contributed by atoms with van der Waals surface area (Å²) in [6.45, 7) is 3.86. The number of nitrogens with zero attached hydrogens (tertiary/aromatic N) is 1. The molecule has 0 saturated carbocycles. The second kappa shape index (κ2) is 9.13. The molecular formula is C24H25N3O2S. The first-order valence-corrected chi connectivity index (χ1v) is 11.1. The highest BCUT2D eigenvalue weighted by Crippen LogP contribution is 2.28. The van der Waals surface area contributed by atoms with Gasteiger partial charge in [0.2, 0.25) is 0 Å². The minimum atomic E-state index is -0.164. The zero-order valence-corrected chi connectivity index (χ0v) is 17.7. The number of hydrogen-bond acceptors (Lipinski definition) is 4. The van der Waals surface area contributed by atoms with Gasteiger partial charge in [-0.25, -0.2) is 0 Å². The van der Waals surface area contributed by atoms with Crippen molar-refractivity contribution in [1.29, 1.82) is 0 Å². The van der Waals surface area contributed by atoms with Crippen molar-refractivity contribution in [2.75, 3.05) is 23.3 Å². The van der Waals surface area contributed by atoms with E-state index in [9.17, 15) is 9.59 Å². The Kier molecular flexibility index (Phi) is 6.14. The van der Waals surface area contributed by atoms with Gasteiger partial charge in [-0.1, -0.05) is 36.4 Å². The Labute approximate surface area is 180 Å². The van der Waals surface area contributed by atoms with Gasteiger partial charge in [0.15, 0.2) is 0 Å². The molecular weight excluding hydrogens is 394 g/mol. The first-order chi connectivity index (χ1) is 14.6. The Morgan fingerprint density at radius 3 is 2.43 bits per heavy atom. The van der Waals surface area contributed by atoms with Gasteiger partial charge in [0, 0.05) is 24.5 Å². The topological polar surface area (TPSA) is 61.4 Å². The van der Waals surface area contributed by atoms with Crippen molar-refractivity contribution in [3.63, 3.8) is 0 Å². The van der Waals surface area contributed by atoms with Crippen LogP contribution in [0, 0.1) is 0 Å². The lowest BCUT2D eigenvalue weighted by Crippen LogP contribution is -2.29. The Morgan fingerprint density at radius 1 is 0.967 bits per heavy atom. The van der Waals surface area contributed by atoms with E-state index in [0.29, 0.717) is 16.1 Å². The van der Waals surface area contributed by atoms with Gasteiger partial charge >= 0.3 is 0 Å². The van der Waals surface area contributed by atoms with Crippen LogP contribution in [-0.2, 0) is 0 Å². The summed E-state index contributed by atoms with van der Waals surface area (Å²) in [5.41, 5.74) is 3.17. The van der Waals surface area contributed by atoms with Crippen LogP contribution in [-0.4, -0.2) is 24.9 Å². The molecule has 4 rings (SSSR count). The van der Waals surface area contributed by atoms with Crippen molar-refractivity contribution in [3.05, 3.63) is 82.0 Å². The number of thiophene rings is 1. The molecule has 5 nitrogen and oxygen atoms in total. The molecule has 2 N–H and O–H groups in total. The SMILES string of the molecule is C[C@@H](NC(=O)c1cc(NC(=O)c2cccs2)ccc1N1CCCC1)c1ccccc1. The van der Waals surface area contributed by atoms with Crippen LogP contribution in [0.15, 0.2) is 66.0 Å². The first-order valence-electron chi connectivity index (χ1n) is 10.2. The van der Waals surface area contributed by atoms with E-state index in [1.807, 2.05) is 60.8 Å². The number of rotatable bonds is 6. The minimum Gasteiger partial charge on any atom is -0.371 e. The Balaban J connectivity index is 1.59. The van der Waals surface area contributed by atoms with Crippen LogP contribution in [0.1, 0.15) is 51.4 Å². The van der Waals surface area contributed by atoms with Gasteiger partial charge in [0.05, 0.1) is 16.5 Å². The molecule has 3 aromatic rings. The zero-order valence-electron chi connectivity index (χ0n) is 16.9. The molecule has 6 heteroatoms. The molecule has 1 fully saturated rings. The molecule has 0 aliphatic carbocycles. The highest BCUT2D eigenvalue weighted by atomic mass is 32.1. The van der Waals surface area contributed by atoms with Crippen molar-refractivity contribution in [2.24, 2.45) is 0 Å². The van der Waals surface area contributed by atoms with Crippen LogP contribution in [0.4, 0.5) is 11.4 Å². The van der Waals surface area contributed by atoms with Crippen molar-refractivity contribution in [2.45, 2.75) is 25.8 Å². The van der Waals surface area contributed by atoms with Gasteiger partial charge in [0.25, 0.3) is 11.8 Å². The second-order valence-corrected chi connectivity index (χ2v) is 8.41. The molecule has 2 amide bonds. The van der Waals surface area contributed by atoms with Crippen LogP contribution in [0.5, 0.6) is 0 Å². The Hall–Kier alpha value is -3.12. The molecule has 1 aliphatic rings. The zero-order chi connectivity index (χ0) is 20.9. The lowest BCUT2D eigenvalue weighted by atomic mass is 10.1. The molecule has 1 aromatic heterocycles. The summed E-state index contributed by atoms with van der Waals surface area (Å²) in [6, 6.07) is 19.0. The van der Waals surface area contributed by atoms with Crippen LogP contribution in [0.3, 0.4) is 0 Å². The fourth-order valence-corrected chi connectivity index (χ4v) is 4.35. The lowest BCUT2D eigenvalue weighted by Gasteiger charge is -2.23. The van der Waals surface area contributed by atoms with Gasteiger partial charge in [0.1, 0.15) is 0 Å². The Bertz CT molecular complexity index is 1010. The molecule has 154 valence electrons. The van der Waals surface area contributed by atoms with Crippen molar-refractivity contribution in [3.8, 4) is 0 Å². The van der Waals surface area contributed by atoms with E-state index in [1.54, 1.807) is 12.1 Å². The van der Waals surface area contributed by atoms with Gasteiger partial charge < -0.3 is 15.5 Å². The van der Waals surface area contributed by atoms with Gasteiger partial charge in [-0.05, 0) is 55.0 Å². The summed E-state index contributed by atoms with van der Waals surface area (Å²) in [6.07, 6.45) is 2.25. The molecule has 1 saturated heterocycles. The molecule has 0 unspecified atom stereocenters. The van der Waals surface area contributed by atoms with E-state index in [1.165, 1.54) is 11.3 Å². The van der Waals surface area contributed by atoms with E-state index < -0.39 is 0 Å². The number of amides is 2. The monoisotopic (exact) mass is 419 g/mol. The largest absolute Gasteiger partial charge is 0.371 e. The third-order valence-corrected chi connectivity index (χ3v) is 6.21. The average Bonchev–Trinajstić information content (AvgIpc) is 3.48. The Morgan fingerprint density at radius 2 is 1.73 bits per heavy atom. The fraction of sp³-hybridized carbons (Fsp3) is 0.250. The predicted molar refractivity (Wildman–Crippen MR) is 122 cm³/mol. The van der Waals surface area contributed by atoms with Crippen LogP contribution < -0.4 is 15.5 Å². The molecule has 2 heterocycles. The number of benzene rings is 2. The number of carbonyl (C=O) groups excluding carboxylic acids is 2. The summed E-state index contributed by atoms with van der Waals surface area (Å²) in [4.78, 5) is 28.6. The number of anilines is 2. The van der Waals surface area contributed by atoms with E-state index >= 15 is 0 Å². The average molecular weight is 420 g/mol. The van der Waals surface area contributed by atoms with Crippen LogP contribution in [0.25, 0.3) is 0 Å². The maximum Gasteiger partial charge on any atom is 0.265 e. The van der Waals surface area contributed by atoms with E-state index in [4.69, 9.17) is 0 Å². The maximum atomic E-state index is 13.2. The van der Waals surface area contributed by atoms with Crippen LogP contribution in [0.2, 0.25) is 0 Å². The van der Waals surface area contributed by atoms with E-state index in [0.717, 1.165) is 37.2 Å². The van der Waals surface area contributed by atoms with Gasteiger partial charge in [-0.2, -0.15) is 0 Å². The third kappa shape index (κ3) is 4.54. The number of carbonyl (C=O) groups is 2.